The maximum atomic E-state index is 12.9. The van der Waals surface area contributed by atoms with Crippen molar-refractivity contribution in [1.29, 1.82) is 0 Å². The second-order valence-electron chi connectivity index (χ2n) is 2.43. The van der Waals surface area contributed by atoms with Crippen LogP contribution in [0.4, 0.5) is 13.2 Å². The summed E-state index contributed by atoms with van der Waals surface area (Å²) in [5.41, 5.74) is 3.96. The normalized spacial score (nSPS) is 10.0. The van der Waals surface area contributed by atoms with Gasteiger partial charge in [-0.25, -0.2) is 8.78 Å². The standard InChI is InChI=1S/C8H6F3NO2/c1-14-7-5(8(12)13)3(9)2-4(10)6(7)11/h2H,1H3,(H2,12,13). The third kappa shape index (κ3) is 1.50. The van der Waals surface area contributed by atoms with Gasteiger partial charge in [-0.1, -0.05) is 0 Å². The number of carbonyl (C=O) groups excluding carboxylic acids is 1. The smallest absolute Gasteiger partial charge is 0.255 e. The van der Waals surface area contributed by atoms with Crippen molar-refractivity contribution in [2.45, 2.75) is 0 Å². The average molecular weight is 205 g/mol. The van der Waals surface area contributed by atoms with Gasteiger partial charge in [0, 0.05) is 6.07 Å². The van der Waals surface area contributed by atoms with Crippen LogP contribution in [0.2, 0.25) is 0 Å². The van der Waals surface area contributed by atoms with E-state index in [2.05, 4.69) is 4.74 Å². The quantitative estimate of drug-likeness (QED) is 0.738. The second kappa shape index (κ2) is 3.57. The molecule has 0 saturated carbocycles. The van der Waals surface area contributed by atoms with Crippen molar-refractivity contribution in [2.24, 2.45) is 5.73 Å². The van der Waals surface area contributed by atoms with Crippen LogP contribution in [0.15, 0.2) is 6.07 Å². The molecule has 0 bridgehead atoms. The molecule has 0 unspecified atom stereocenters. The van der Waals surface area contributed by atoms with Crippen molar-refractivity contribution in [3.05, 3.63) is 29.1 Å². The largest absolute Gasteiger partial charge is 0.493 e. The number of halogens is 3. The van der Waals surface area contributed by atoms with Crippen molar-refractivity contribution in [2.75, 3.05) is 7.11 Å². The van der Waals surface area contributed by atoms with E-state index in [4.69, 9.17) is 5.73 Å². The highest BCUT2D eigenvalue weighted by atomic mass is 19.2. The number of amides is 1. The van der Waals surface area contributed by atoms with Gasteiger partial charge in [0.25, 0.3) is 5.91 Å². The molecule has 0 aliphatic rings. The molecule has 6 heteroatoms. The topological polar surface area (TPSA) is 52.3 Å². The molecular formula is C8H6F3NO2. The summed E-state index contributed by atoms with van der Waals surface area (Å²) >= 11 is 0. The lowest BCUT2D eigenvalue weighted by Gasteiger charge is -2.07. The SMILES string of the molecule is COc1c(F)c(F)cc(F)c1C(N)=O. The van der Waals surface area contributed by atoms with Crippen LogP contribution in [0, 0.1) is 17.5 Å². The van der Waals surface area contributed by atoms with Crippen LogP contribution >= 0.6 is 0 Å². The van der Waals surface area contributed by atoms with Crippen LogP contribution in [0.25, 0.3) is 0 Å². The van der Waals surface area contributed by atoms with Crippen LogP contribution in [-0.2, 0) is 0 Å². The zero-order valence-corrected chi connectivity index (χ0v) is 7.11. The fraction of sp³-hybridized carbons (Fsp3) is 0.125. The number of carbonyl (C=O) groups is 1. The molecular weight excluding hydrogens is 199 g/mol. The lowest BCUT2D eigenvalue weighted by Crippen LogP contribution is -2.16. The minimum atomic E-state index is -1.44. The summed E-state index contributed by atoms with van der Waals surface area (Å²) in [6.45, 7) is 0. The summed E-state index contributed by atoms with van der Waals surface area (Å²) < 4.78 is 42.8. The fourth-order valence-corrected chi connectivity index (χ4v) is 0.995. The Labute approximate surface area is 77.3 Å². The molecule has 0 saturated heterocycles. The van der Waals surface area contributed by atoms with E-state index in [0.717, 1.165) is 7.11 Å². The Hall–Kier alpha value is -1.72. The van der Waals surface area contributed by atoms with Crippen LogP contribution in [0.3, 0.4) is 0 Å². The molecule has 14 heavy (non-hydrogen) atoms. The number of benzene rings is 1. The first-order chi connectivity index (χ1) is 6.49. The van der Waals surface area contributed by atoms with Crippen molar-refractivity contribution >= 4 is 5.91 Å². The number of primary amides is 1. The molecule has 0 spiro atoms. The summed E-state index contributed by atoms with van der Waals surface area (Å²) in [4.78, 5) is 10.7. The summed E-state index contributed by atoms with van der Waals surface area (Å²) in [7, 11) is 0.976. The van der Waals surface area contributed by atoms with Gasteiger partial charge >= 0.3 is 0 Å². The Morgan fingerprint density at radius 2 is 1.93 bits per heavy atom. The summed E-state index contributed by atoms with van der Waals surface area (Å²) in [6, 6.07) is 0.234. The van der Waals surface area contributed by atoms with E-state index in [1.54, 1.807) is 0 Å². The van der Waals surface area contributed by atoms with Gasteiger partial charge in [0.1, 0.15) is 11.4 Å². The van der Waals surface area contributed by atoms with E-state index in [1.807, 2.05) is 0 Å². The van der Waals surface area contributed by atoms with Gasteiger partial charge in [0.05, 0.1) is 7.11 Å². The molecule has 2 N–H and O–H groups in total. The van der Waals surface area contributed by atoms with E-state index >= 15 is 0 Å². The molecule has 0 heterocycles. The molecule has 1 aromatic carbocycles. The minimum Gasteiger partial charge on any atom is -0.493 e. The van der Waals surface area contributed by atoms with E-state index < -0.39 is 34.7 Å². The third-order valence-electron chi connectivity index (χ3n) is 1.58. The Kier molecular flexibility index (Phi) is 2.64. The molecule has 1 rings (SSSR count). The fourth-order valence-electron chi connectivity index (χ4n) is 0.995. The average Bonchev–Trinajstić information content (AvgIpc) is 2.09. The molecule has 1 amide bonds. The van der Waals surface area contributed by atoms with Gasteiger partial charge in [-0.2, -0.15) is 4.39 Å². The van der Waals surface area contributed by atoms with Crippen LogP contribution in [0.5, 0.6) is 5.75 Å². The molecule has 0 radical (unpaired) electrons. The second-order valence-corrected chi connectivity index (χ2v) is 2.43. The first kappa shape index (κ1) is 10.4. The first-order valence-corrected chi connectivity index (χ1v) is 3.50. The zero-order valence-electron chi connectivity index (χ0n) is 7.11. The van der Waals surface area contributed by atoms with Crippen molar-refractivity contribution in [1.82, 2.24) is 0 Å². The van der Waals surface area contributed by atoms with Crippen molar-refractivity contribution < 1.29 is 22.7 Å². The Morgan fingerprint density at radius 1 is 1.36 bits per heavy atom. The number of nitrogens with two attached hydrogens (primary N) is 1. The summed E-state index contributed by atoms with van der Waals surface area (Å²) in [5, 5.41) is 0. The molecule has 1 aromatic rings. The number of hydrogen-bond acceptors (Lipinski definition) is 2. The molecule has 0 aromatic heterocycles. The molecule has 0 aliphatic heterocycles. The van der Waals surface area contributed by atoms with E-state index in [1.165, 1.54) is 0 Å². The van der Waals surface area contributed by atoms with E-state index in [0.29, 0.717) is 0 Å². The Bertz CT molecular complexity index is 393. The van der Waals surface area contributed by atoms with Crippen LogP contribution in [0.1, 0.15) is 10.4 Å². The van der Waals surface area contributed by atoms with Crippen molar-refractivity contribution in [3.8, 4) is 5.75 Å². The minimum absolute atomic E-state index is 0.234. The summed E-state index contributed by atoms with van der Waals surface area (Å²) in [6.07, 6.45) is 0. The highest BCUT2D eigenvalue weighted by Crippen LogP contribution is 2.27. The predicted molar refractivity (Wildman–Crippen MR) is 41.4 cm³/mol. The molecule has 76 valence electrons. The van der Waals surface area contributed by atoms with Gasteiger partial charge in [-0.05, 0) is 0 Å². The third-order valence-corrected chi connectivity index (χ3v) is 1.58. The monoisotopic (exact) mass is 205 g/mol. The summed E-state index contributed by atoms with van der Waals surface area (Å²) in [5.74, 6) is -6.19. The van der Waals surface area contributed by atoms with Gasteiger partial charge in [-0.3, -0.25) is 4.79 Å². The van der Waals surface area contributed by atoms with E-state index in [9.17, 15) is 18.0 Å². The van der Waals surface area contributed by atoms with Gasteiger partial charge in [0.2, 0.25) is 5.82 Å². The number of hydrogen-bond donors (Lipinski definition) is 1. The van der Waals surface area contributed by atoms with Gasteiger partial charge in [0.15, 0.2) is 11.6 Å². The predicted octanol–water partition coefficient (Wildman–Crippen LogP) is 1.21. The van der Waals surface area contributed by atoms with Crippen molar-refractivity contribution in [3.63, 3.8) is 0 Å². The van der Waals surface area contributed by atoms with Crippen LogP contribution < -0.4 is 10.5 Å². The first-order valence-electron chi connectivity index (χ1n) is 3.50. The molecule has 0 fully saturated rings. The van der Waals surface area contributed by atoms with Crippen LogP contribution in [-0.4, -0.2) is 13.0 Å². The lowest BCUT2D eigenvalue weighted by molar-refractivity contribution is 0.0992. The van der Waals surface area contributed by atoms with E-state index in [-0.39, 0.29) is 6.07 Å². The molecule has 3 nitrogen and oxygen atoms in total. The molecule has 0 atom stereocenters. The number of ether oxygens (including phenoxy) is 1. The maximum absolute atomic E-state index is 12.9. The highest BCUT2D eigenvalue weighted by molar-refractivity contribution is 5.96. The zero-order chi connectivity index (χ0) is 10.9. The Balaban J connectivity index is 3.55. The molecule has 0 aliphatic carbocycles. The number of methoxy groups -OCH3 is 1. The maximum Gasteiger partial charge on any atom is 0.255 e. The van der Waals surface area contributed by atoms with Gasteiger partial charge < -0.3 is 10.5 Å². The number of rotatable bonds is 2. The Morgan fingerprint density at radius 3 is 2.36 bits per heavy atom. The lowest BCUT2D eigenvalue weighted by atomic mass is 10.1. The van der Waals surface area contributed by atoms with Gasteiger partial charge in [-0.15, -0.1) is 0 Å². The highest BCUT2D eigenvalue weighted by Gasteiger charge is 2.22.